The maximum absolute atomic E-state index is 12.4. The number of thiazole rings is 1. The molecule has 0 spiro atoms. The Kier molecular flexibility index (Phi) is 4.93. The number of nitrogens with zero attached hydrogens (tertiary/aromatic N) is 2. The number of aromatic nitrogens is 1. The highest BCUT2D eigenvalue weighted by atomic mass is 35.5. The summed E-state index contributed by atoms with van der Waals surface area (Å²) in [5.74, 6) is -0.210. The molecule has 1 fully saturated rings. The Hall–Kier alpha value is -1.92. The Morgan fingerprint density at radius 2 is 2.35 bits per heavy atom. The van der Waals surface area contributed by atoms with Gasteiger partial charge in [0.25, 0.3) is 0 Å². The van der Waals surface area contributed by atoms with Crippen LogP contribution in [0, 0.1) is 0 Å². The van der Waals surface area contributed by atoms with Gasteiger partial charge in [0, 0.05) is 29.1 Å². The predicted octanol–water partition coefficient (Wildman–Crippen LogP) is 2.65. The molecule has 0 radical (unpaired) electrons. The van der Waals surface area contributed by atoms with Gasteiger partial charge in [-0.15, -0.1) is 11.3 Å². The Labute approximate surface area is 143 Å². The second-order valence-corrected chi connectivity index (χ2v) is 6.51. The van der Waals surface area contributed by atoms with Crippen molar-refractivity contribution in [1.82, 2.24) is 10.3 Å². The minimum Gasteiger partial charge on any atom is -0.344 e. The van der Waals surface area contributed by atoms with E-state index in [2.05, 4.69) is 10.3 Å². The van der Waals surface area contributed by atoms with E-state index >= 15 is 0 Å². The first kappa shape index (κ1) is 16.0. The molecule has 1 saturated heterocycles. The van der Waals surface area contributed by atoms with Crippen molar-refractivity contribution in [2.45, 2.75) is 25.3 Å². The fourth-order valence-corrected chi connectivity index (χ4v) is 3.36. The minimum absolute atomic E-state index is 0.0886. The second-order valence-electron chi connectivity index (χ2n) is 5.36. The van der Waals surface area contributed by atoms with Crippen LogP contribution in [0.4, 0.5) is 5.69 Å². The molecular formula is C16H16ClN3O2S. The molecule has 2 amide bonds. The number of amides is 2. The maximum Gasteiger partial charge on any atom is 0.249 e. The highest BCUT2D eigenvalue weighted by molar-refractivity contribution is 7.07. The third kappa shape index (κ3) is 3.89. The van der Waals surface area contributed by atoms with E-state index in [1.807, 2.05) is 17.5 Å². The standard InChI is InChI=1S/C16H16ClN3O2S/c17-11-2-1-3-13(8-11)20-7-6-14(16(20)22)19-15(21)5-4-12-9-23-10-18-12/h1-3,8-10,14H,4-7H2,(H,19,21)/t14-/m1/s1. The van der Waals surface area contributed by atoms with Crippen molar-refractivity contribution in [2.24, 2.45) is 0 Å². The molecule has 2 heterocycles. The van der Waals surface area contributed by atoms with Gasteiger partial charge in [-0.1, -0.05) is 17.7 Å². The SMILES string of the molecule is O=C(CCc1cscn1)N[C@@H]1CCN(c2cccc(Cl)c2)C1=O. The molecule has 0 bridgehead atoms. The lowest BCUT2D eigenvalue weighted by Crippen LogP contribution is -2.41. The highest BCUT2D eigenvalue weighted by Gasteiger charge is 2.33. The number of rotatable bonds is 5. The highest BCUT2D eigenvalue weighted by Crippen LogP contribution is 2.24. The van der Waals surface area contributed by atoms with Crippen LogP contribution in [0.1, 0.15) is 18.5 Å². The third-order valence-corrected chi connectivity index (χ3v) is 4.62. The van der Waals surface area contributed by atoms with Crippen LogP contribution < -0.4 is 10.2 Å². The van der Waals surface area contributed by atoms with Gasteiger partial charge in [-0.3, -0.25) is 9.59 Å². The third-order valence-electron chi connectivity index (χ3n) is 3.75. The summed E-state index contributed by atoms with van der Waals surface area (Å²) in [5.41, 5.74) is 3.42. The number of carbonyl (C=O) groups excluding carboxylic acids is 2. The van der Waals surface area contributed by atoms with Gasteiger partial charge >= 0.3 is 0 Å². The van der Waals surface area contributed by atoms with Crippen molar-refractivity contribution in [3.05, 3.63) is 45.9 Å². The lowest BCUT2D eigenvalue weighted by Gasteiger charge is -2.17. The van der Waals surface area contributed by atoms with E-state index in [1.165, 1.54) is 11.3 Å². The summed E-state index contributed by atoms with van der Waals surface area (Å²) < 4.78 is 0. The molecule has 3 rings (SSSR count). The summed E-state index contributed by atoms with van der Waals surface area (Å²) >= 11 is 7.48. The first-order valence-electron chi connectivity index (χ1n) is 7.37. The Bertz CT molecular complexity index is 705. The number of benzene rings is 1. The zero-order valence-electron chi connectivity index (χ0n) is 12.4. The summed E-state index contributed by atoms with van der Waals surface area (Å²) in [7, 11) is 0. The minimum atomic E-state index is -0.461. The second kappa shape index (κ2) is 7.10. The first-order chi connectivity index (χ1) is 11.1. The Balaban J connectivity index is 1.55. The summed E-state index contributed by atoms with van der Waals surface area (Å²) in [6.45, 7) is 0.580. The van der Waals surface area contributed by atoms with Crippen molar-refractivity contribution >= 4 is 40.4 Å². The molecule has 1 aliphatic rings. The van der Waals surface area contributed by atoms with Crippen LogP contribution >= 0.6 is 22.9 Å². The number of aryl methyl sites for hydroxylation is 1. The van der Waals surface area contributed by atoms with E-state index < -0.39 is 6.04 Å². The van der Waals surface area contributed by atoms with Crippen LogP contribution in [-0.2, 0) is 16.0 Å². The first-order valence-corrected chi connectivity index (χ1v) is 8.69. The quantitative estimate of drug-likeness (QED) is 0.902. The van der Waals surface area contributed by atoms with Gasteiger partial charge in [0.15, 0.2) is 0 Å². The van der Waals surface area contributed by atoms with Crippen molar-refractivity contribution in [1.29, 1.82) is 0 Å². The normalized spacial score (nSPS) is 17.5. The molecule has 1 N–H and O–H groups in total. The molecule has 1 atom stereocenters. The molecule has 23 heavy (non-hydrogen) atoms. The van der Waals surface area contributed by atoms with E-state index in [-0.39, 0.29) is 11.8 Å². The van der Waals surface area contributed by atoms with Gasteiger partial charge < -0.3 is 10.2 Å². The van der Waals surface area contributed by atoms with Gasteiger partial charge in [-0.05, 0) is 31.0 Å². The van der Waals surface area contributed by atoms with E-state index in [1.54, 1.807) is 22.5 Å². The Morgan fingerprint density at radius 3 is 3.09 bits per heavy atom. The van der Waals surface area contributed by atoms with Gasteiger partial charge in [0.1, 0.15) is 6.04 Å². The molecular weight excluding hydrogens is 334 g/mol. The number of carbonyl (C=O) groups is 2. The average Bonchev–Trinajstić information content (AvgIpc) is 3.16. The molecule has 5 nitrogen and oxygen atoms in total. The zero-order valence-corrected chi connectivity index (χ0v) is 13.9. The molecule has 120 valence electrons. The lowest BCUT2D eigenvalue weighted by atomic mass is 10.2. The van der Waals surface area contributed by atoms with Crippen LogP contribution in [0.2, 0.25) is 5.02 Å². The smallest absolute Gasteiger partial charge is 0.249 e. The van der Waals surface area contributed by atoms with Gasteiger partial charge in [0.2, 0.25) is 11.8 Å². The topological polar surface area (TPSA) is 62.3 Å². The van der Waals surface area contributed by atoms with Crippen molar-refractivity contribution in [3.8, 4) is 0 Å². The summed E-state index contributed by atoms with van der Waals surface area (Å²) in [5, 5.41) is 5.33. The van der Waals surface area contributed by atoms with Crippen molar-refractivity contribution in [3.63, 3.8) is 0 Å². The predicted molar refractivity (Wildman–Crippen MR) is 90.8 cm³/mol. The zero-order chi connectivity index (χ0) is 16.2. The molecule has 1 aliphatic heterocycles. The van der Waals surface area contributed by atoms with E-state index in [4.69, 9.17) is 11.6 Å². The van der Waals surface area contributed by atoms with Gasteiger partial charge in [-0.2, -0.15) is 0 Å². The van der Waals surface area contributed by atoms with E-state index in [0.717, 1.165) is 11.4 Å². The molecule has 1 aromatic carbocycles. The van der Waals surface area contributed by atoms with Crippen LogP contribution in [0.25, 0.3) is 0 Å². The van der Waals surface area contributed by atoms with Crippen LogP contribution in [0.5, 0.6) is 0 Å². The van der Waals surface area contributed by atoms with Gasteiger partial charge in [0.05, 0.1) is 11.2 Å². The van der Waals surface area contributed by atoms with Crippen LogP contribution in [-0.4, -0.2) is 29.4 Å². The van der Waals surface area contributed by atoms with Crippen molar-refractivity contribution in [2.75, 3.05) is 11.4 Å². The molecule has 1 aromatic heterocycles. The fraction of sp³-hybridized carbons (Fsp3) is 0.312. The summed E-state index contributed by atoms with van der Waals surface area (Å²) in [6, 6.07) is 6.72. The number of nitrogens with one attached hydrogen (secondary N) is 1. The monoisotopic (exact) mass is 349 g/mol. The van der Waals surface area contributed by atoms with Gasteiger partial charge in [-0.25, -0.2) is 4.98 Å². The van der Waals surface area contributed by atoms with E-state index in [0.29, 0.717) is 30.8 Å². The maximum atomic E-state index is 12.4. The molecule has 0 saturated carbocycles. The number of halogens is 1. The van der Waals surface area contributed by atoms with E-state index in [9.17, 15) is 9.59 Å². The summed E-state index contributed by atoms with van der Waals surface area (Å²) in [4.78, 5) is 30.3. The molecule has 2 aromatic rings. The lowest BCUT2D eigenvalue weighted by molar-refractivity contribution is -0.126. The van der Waals surface area contributed by atoms with Crippen LogP contribution in [0.3, 0.4) is 0 Å². The van der Waals surface area contributed by atoms with Crippen molar-refractivity contribution < 1.29 is 9.59 Å². The summed E-state index contributed by atoms with van der Waals surface area (Å²) in [6.07, 6.45) is 1.53. The Morgan fingerprint density at radius 1 is 1.48 bits per heavy atom. The number of anilines is 1. The number of hydrogen-bond acceptors (Lipinski definition) is 4. The molecule has 0 aliphatic carbocycles. The largest absolute Gasteiger partial charge is 0.344 e. The molecule has 0 unspecified atom stereocenters. The number of hydrogen-bond donors (Lipinski definition) is 1. The molecule has 7 heteroatoms. The van der Waals surface area contributed by atoms with Crippen LogP contribution in [0.15, 0.2) is 35.2 Å². The fourth-order valence-electron chi connectivity index (χ4n) is 2.58. The average molecular weight is 350 g/mol.